The number of halogens is 2. The van der Waals surface area contributed by atoms with Crippen LogP contribution in [-0.2, 0) is 0 Å². The zero-order valence-electron chi connectivity index (χ0n) is 9.33. The average molecular weight is 286 g/mol. The lowest BCUT2D eigenvalue weighted by Crippen LogP contribution is -1.95. The molecule has 0 spiro atoms. The summed E-state index contributed by atoms with van der Waals surface area (Å²) in [6, 6.07) is 4.20. The van der Waals surface area contributed by atoms with Crippen LogP contribution in [0.4, 0.5) is 21.0 Å². The molecule has 0 atom stereocenters. The van der Waals surface area contributed by atoms with Crippen LogP contribution in [0.3, 0.4) is 0 Å². The maximum atomic E-state index is 13.0. The van der Waals surface area contributed by atoms with Crippen molar-refractivity contribution in [2.45, 2.75) is 6.92 Å². The Bertz CT molecular complexity index is 614. The van der Waals surface area contributed by atoms with Crippen LogP contribution in [0.2, 0.25) is 5.02 Å². The van der Waals surface area contributed by atoms with E-state index < -0.39 is 5.82 Å². The van der Waals surface area contributed by atoms with Gasteiger partial charge in [-0.2, -0.15) is 0 Å². The number of hydrogen-bond acceptors (Lipinski definition) is 5. The molecule has 18 heavy (non-hydrogen) atoms. The van der Waals surface area contributed by atoms with Crippen LogP contribution in [0.1, 0.15) is 16.6 Å². The number of thiazole rings is 1. The number of hydrogen-bond donors (Lipinski definition) is 2. The molecule has 1 heterocycles. The predicted molar refractivity (Wildman–Crippen MR) is 71.2 cm³/mol. The second kappa shape index (κ2) is 4.91. The van der Waals surface area contributed by atoms with E-state index in [2.05, 4.69) is 10.3 Å². The lowest BCUT2D eigenvalue weighted by atomic mass is 10.3. The molecule has 0 fully saturated rings. The molecule has 0 unspecified atom stereocenters. The molecule has 0 saturated carbocycles. The van der Waals surface area contributed by atoms with Gasteiger partial charge >= 0.3 is 0 Å². The molecule has 2 aromatic rings. The molecular weight excluding hydrogens is 277 g/mol. The largest absolute Gasteiger partial charge is 0.382 e. The van der Waals surface area contributed by atoms with Gasteiger partial charge in [0, 0.05) is 12.6 Å². The van der Waals surface area contributed by atoms with Crippen molar-refractivity contribution >= 4 is 45.4 Å². The van der Waals surface area contributed by atoms with E-state index in [1.807, 2.05) is 0 Å². The van der Waals surface area contributed by atoms with E-state index in [9.17, 15) is 9.18 Å². The van der Waals surface area contributed by atoms with E-state index in [-0.39, 0.29) is 16.6 Å². The highest BCUT2D eigenvalue weighted by Gasteiger charge is 2.12. The first-order valence-corrected chi connectivity index (χ1v) is 6.16. The van der Waals surface area contributed by atoms with Crippen molar-refractivity contribution < 1.29 is 9.18 Å². The zero-order valence-corrected chi connectivity index (χ0v) is 10.9. The first-order valence-electron chi connectivity index (χ1n) is 4.96. The molecule has 0 radical (unpaired) electrons. The molecule has 0 aliphatic heterocycles. The summed E-state index contributed by atoms with van der Waals surface area (Å²) in [4.78, 5) is 15.6. The van der Waals surface area contributed by atoms with Crippen molar-refractivity contribution in [1.29, 1.82) is 0 Å². The maximum absolute atomic E-state index is 13.0. The first kappa shape index (κ1) is 12.8. The van der Waals surface area contributed by atoms with E-state index in [0.29, 0.717) is 15.7 Å². The summed E-state index contributed by atoms with van der Waals surface area (Å²) in [5, 5.41) is 3.38. The van der Waals surface area contributed by atoms with Crippen molar-refractivity contribution in [3.8, 4) is 0 Å². The zero-order chi connectivity index (χ0) is 13.3. The van der Waals surface area contributed by atoms with Gasteiger partial charge in [0.25, 0.3) is 0 Å². The number of nitrogen functional groups attached to an aromatic ring is 1. The molecule has 7 heteroatoms. The van der Waals surface area contributed by atoms with Crippen molar-refractivity contribution in [3.05, 3.63) is 33.9 Å². The van der Waals surface area contributed by atoms with Crippen molar-refractivity contribution in [1.82, 2.24) is 4.98 Å². The second-order valence-electron chi connectivity index (χ2n) is 3.54. The summed E-state index contributed by atoms with van der Waals surface area (Å²) in [5.74, 6) is -0.455. The highest BCUT2D eigenvalue weighted by atomic mass is 35.5. The Balaban J connectivity index is 2.26. The van der Waals surface area contributed by atoms with Gasteiger partial charge in [-0.15, -0.1) is 0 Å². The number of rotatable bonds is 3. The molecule has 1 aromatic carbocycles. The molecule has 1 aromatic heterocycles. The number of nitrogens with zero attached hydrogens (tertiary/aromatic N) is 1. The van der Waals surface area contributed by atoms with Crippen LogP contribution in [0, 0.1) is 5.82 Å². The molecule has 94 valence electrons. The molecule has 3 N–H and O–H groups in total. The normalized spacial score (nSPS) is 10.4. The smallest absolute Gasteiger partial charge is 0.189 e. The molecule has 0 bridgehead atoms. The summed E-state index contributed by atoms with van der Waals surface area (Å²) in [7, 11) is 0. The fraction of sp³-hybridized carbons (Fsp3) is 0.0909. The minimum atomic E-state index is -0.495. The van der Waals surface area contributed by atoms with Gasteiger partial charge in [-0.3, -0.25) is 4.79 Å². The third-order valence-corrected chi connectivity index (χ3v) is 3.52. The molecule has 0 aliphatic carbocycles. The highest BCUT2D eigenvalue weighted by molar-refractivity contribution is 7.18. The first-order chi connectivity index (χ1) is 8.47. The number of carbonyl (C=O) groups is 1. The third-order valence-electron chi connectivity index (χ3n) is 2.14. The Morgan fingerprint density at radius 1 is 1.56 bits per heavy atom. The monoisotopic (exact) mass is 285 g/mol. The fourth-order valence-corrected chi connectivity index (χ4v) is 2.32. The van der Waals surface area contributed by atoms with Gasteiger partial charge < -0.3 is 11.1 Å². The average Bonchev–Trinajstić information content (AvgIpc) is 2.65. The van der Waals surface area contributed by atoms with E-state index in [1.165, 1.54) is 25.1 Å². The summed E-state index contributed by atoms with van der Waals surface area (Å²) >= 11 is 6.80. The van der Waals surface area contributed by atoms with Crippen LogP contribution in [-0.4, -0.2) is 10.8 Å². The number of ketones is 1. The number of nitrogens with two attached hydrogens (primary N) is 1. The second-order valence-corrected chi connectivity index (χ2v) is 4.95. The minimum absolute atomic E-state index is 0.0105. The van der Waals surface area contributed by atoms with Gasteiger partial charge in [0.2, 0.25) is 0 Å². The van der Waals surface area contributed by atoms with Gasteiger partial charge in [0.15, 0.2) is 10.9 Å². The molecule has 4 nitrogen and oxygen atoms in total. The summed E-state index contributed by atoms with van der Waals surface area (Å²) in [5.41, 5.74) is 6.18. The topological polar surface area (TPSA) is 68.0 Å². The number of aromatic nitrogens is 1. The SMILES string of the molecule is CC(=O)c1sc(Nc2ccc(F)c(Cl)c2)nc1N. The van der Waals surface area contributed by atoms with Crippen LogP contribution in [0.25, 0.3) is 0 Å². The van der Waals surface area contributed by atoms with Crippen LogP contribution in [0.15, 0.2) is 18.2 Å². The lowest BCUT2D eigenvalue weighted by molar-refractivity contribution is 0.102. The minimum Gasteiger partial charge on any atom is -0.382 e. The van der Waals surface area contributed by atoms with E-state index in [4.69, 9.17) is 17.3 Å². The Kier molecular flexibility index (Phi) is 3.49. The van der Waals surface area contributed by atoms with E-state index in [0.717, 1.165) is 11.3 Å². The van der Waals surface area contributed by atoms with E-state index >= 15 is 0 Å². The van der Waals surface area contributed by atoms with Crippen LogP contribution in [0.5, 0.6) is 0 Å². The molecular formula is C11H9ClFN3OS. The number of anilines is 3. The third kappa shape index (κ3) is 2.60. The number of carbonyl (C=O) groups excluding carboxylic acids is 1. The van der Waals surface area contributed by atoms with Crippen molar-refractivity contribution in [3.63, 3.8) is 0 Å². The number of benzene rings is 1. The maximum Gasteiger partial charge on any atom is 0.189 e. The van der Waals surface area contributed by atoms with Crippen LogP contribution < -0.4 is 11.1 Å². The quantitative estimate of drug-likeness (QED) is 0.848. The van der Waals surface area contributed by atoms with Crippen LogP contribution >= 0.6 is 22.9 Å². The standard InChI is InChI=1S/C11H9ClFN3OS/c1-5(17)9-10(14)16-11(18-9)15-6-2-3-8(13)7(12)4-6/h2-4H,14H2,1H3,(H,15,16). The summed E-state index contributed by atoms with van der Waals surface area (Å²) in [6.07, 6.45) is 0. The highest BCUT2D eigenvalue weighted by Crippen LogP contribution is 2.29. The fourth-order valence-electron chi connectivity index (χ4n) is 1.33. The molecule has 0 saturated heterocycles. The Labute approximate surface area is 112 Å². The summed E-state index contributed by atoms with van der Waals surface area (Å²) in [6.45, 7) is 1.42. The van der Waals surface area contributed by atoms with Crippen molar-refractivity contribution in [2.24, 2.45) is 0 Å². The number of Topliss-reactive ketones (excluding diaryl/α,β-unsaturated/α-hetero) is 1. The number of nitrogens with one attached hydrogen (secondary N) is 1. The summed E-state index contributed by atoms with van der Waals surface area (Å²) < 4.78 is 13.0. The van der Waals surface area contributed by atoms with Gasteiger partial charge in [-0.1, -0.05) is 22.9 Å². The molecule has 0 amide bonds. The van der Waals surface area contributed by atoms with Gasteiger partial charge in [0.1, 0.15) is 16.5 Å². The van der Waals surface area contributed by atoms with Gasteiger partial charge in [-0.05, 0) is 18.2 Å². The lowest BCUT2D eigenvalue weighted by Gasteiger charge is -2.02. The molecule has 2 rings (SSSR count). The molecule has 0 aliphatic rings. The van der Waals surface area contributed by atoms with E-state index in [1.54, 1.807) is 0 Å². The van der Waals surface area contributed by atoms with Crippen molar-refractivity contribution in [2.75, 3.05) is 11.1 Å². The Hall–Kier alpha value is -1.66. The van der Waals surface area contributed by atoms with Gasteiger partial charge in [0.05, 0.1) is 5.02 Å². The predicted octanol–water partition coefficient (Wildman–Crippen LogP) is 3.46. The Morgan fingerprint density at radius 3 is 2.83 bits per heavy atom. The van der Waals surface area contributed by atoms with Gasteiger partial charge in [-0.25, -0.2) is 9.37 Å². The Morgan fingerprint density at radius 2 is 2.28 bits per heavy atom.